The van der Waals surface area contributed by atoms with E-state index in [0.717, 1.165) is 11.8 Å². The second-order valence-corrected chi connectivity index (χ2v) is 5.53. The molecule has 0 bridgehead atoms. The van der Waals surface area contributed by atoms with Gasteiger partial charge in [0, 0.05) is 12.3 Å². The van der Waals surface area contributed by atoms with E-state index in [-0.39, 0.29) is 11.5 Å². The summed E-state index contributed by atoms with van der Waals surface area (Å²) in [5.41, 5.74) is 2.26. The zero-order valence-corrected chi connectivity index (χ0v) is 14.4. The Morgan fingerprint density at radius 1 is 0.963 bits per heavy atom. The van der Waals surface area contributed by atoms with E-state index in [4.69, 9.17) is 0 Å². The van der Waals surface area contributed by atoms with Crippen molar-refractivity contribution in [1.82, 2.24) is 9.97 Å². The topological polar surface area (TPSA) is 118 Å². The molecule has 0 spiro atoms. The van der Waals surface area contributed by atoms with Crippen LogP contribution in [0.1, 0.15) is 17.4 Å². The van der Waals surface area contributed by atoms with Gasteiger partial charge < -0.3 is 0 Å². The Hall–Kier alpha value is -3.88. The highest BCUT2D eigenvalue weighted by molar-refractivity contribution is 5.38. The number of azo groups is 2. The monoisotopic (exact) mass is 361 g/mol. The maximum absolute atomic E-state index is 10.7. The van der Waals surface area contributed by atoms with Crippen molar-refractivity contribution in [2.45, 2.75) is 13.1 Å². The van der Waals surface area contributed by atoms with E-state index in [1.54, 1.807) is 18.3 Å². The van der Waals surface area contributed by atoms with Crippen LogP contribution in [0.15, 0.2) is 87.4 Å². The fourth-order valence-electron chi connectivity index (χ4n) is 2.06. The van der Waals surface area contributed by atoms with Gasteiger partial charge in [0.05, 0.1) is 16.3 Å². The van der Waals surface area contributed by atoms with Crippen LogP contribution >= 0.6 is 0 Å². The van der Waals surface area contributed by atoms with Gasteiger partial charge >= 0.3 is 0 Å². The number of aryl methyl sites for hydroxylation is 1. The molecule has 1 atom stereocenters. The van der Waals surface area contributed by atoms with Crippen LogP contribution in [-0.2, 0) is 0 Å². The Morgan fingerprint density at radius 2 is 1.74 bits per heavy atom. The van der Waals surface area contributed by atoms with Gasteiger partial charge in [-0.1, -0.05) is 23.8 Å². The van der Waals surface area contributed by atoms with Gasteiger partial charge in [0.2, 0.25) is 6.17 Å². The summed E-state index contributed by atoms with van der Waals surface area (Å²) in [4.78, 5) is 18.3. The van der Waals surface area contributed by atoms with Crippen LogP contribution in [0.5, 0.6) is 0 Å². The molecule has 1 unspecified atom stereocenters. The number of nitro groups is 1. The van der Waals surface area contributed by atoms with Crippen LogP contribution in [0.4, 0.5) is 17.2 Å². The van der Waals surface area contributed by atoms with Crippen molar-refractivity contribution in [3.05, 3.63) is 88.4 Å². The third kappa shape index (κ3) is 5.05. The Labute approximate surface area is 154 Å². The molecule has 0 aliphatic heterocycles. The predicted molar refractivity (Wildman–Crippen MR) is 98.1 cm³/mol. The molecule has 0 saturated heterocycles. The summed E-state index contributed by atoms with van der Waals surface area (Å²) in [6.07, 6.45) is 1.99. The Balaban J connectivity index is 1.83. The van der Waals surface area contributed by atoms with Crippen molar-refractivity contribution < 1.29 is 4.92 Å². The highest BCUT2D eigenvalue weighted by Crippen LogP contribution is 2.23. The maximum Gasteiger partial charge on any atom is 0.287 e. The third-order valence-corrected chi connectivity index (χ3v) is 3.48. The molecule has 27 heavy (non-hydrogen) atoms. The van der Waals surface area contributed by atoms with Crippen LogP contribution in [0, 0.1) is 17.0 Å². The molecule has 134 valence electrons. The van der Waals surface area contributed by atoms with E-state index in [1.807, 2.05) is 37.3 Å². The van der Waals surface area contributed by atoms with Gasteiger partial charge in [-0.05, 0) is 37.3 Å². The van der Waals surface area contributed by atoms with E-state index < -0.39 is 11.1 Å². The average molecular weight is 361 g/mol. The summed E-state index contributed by atoms with van der Waals surface area (Å²) in [5.74, 6) is 0.229. The fraction of sp³-hybridized carbons (Fsp3) is 0.111. The fourth-order valence-corrected chi connectivity index (χ4v) is 2.06. The van der Waals surface area contributed by atoms with E-state index >= 15 is 0 Å². The number of pyridine rings is 2. The van der Waals surface area contributed by atoms with Gasteiger partial charge in [-0.3, -0.25) is 15.1 Å². The minimum Gasteiger partial charge on any atom is -0.258 e. The van der Waals surface area contributed by atoms with Gasteiger partial charge in [0.1, 0.15) is 6.20 Å². The largest absolute Gasteiger partial charge is 0.287 e. The van der Waals surface area contributed by atoms with E-state index in [1.165, 1.54) is 12.1 Å². The standard InChI is InChI=1S/C18H15N7O2/c1-13-5-7-14(8-6-13)21-23-18(16-4-2-3-11-19-16)24-22-17-10-9-15(12-20-17)25(26)27/h2-12,18H,1H3. The average Bonchev–Trinajstić information content (AvgIpc) is 2.70. The third-order valence-electron chi connectivity index (χ3n) is 3.48. The van der Waals surface area contributed by atoms with Crippen LogP contribution < -0.4 is 0 Å². The minimum absolute atomic E-state index is 0.116. The summed E-state index contributed by atoms with van der Waals surface area (Å²) in [5, 5.41) is 27.2. The quantitative estimate of drug-likeness (QED) is 0.338. The second-order valence-electron chi connectivity index (χ2n) is 5.53. The van der Waals surface area contributed by atoms with Crippen molar-refractivity contribution in [2.24, 2.45) is 20.5 Å². The summed E-state index contributed by atoms with van der Waals surface area (Å²) >= 11 is 0. The number of hydrogen-bond donors (Lipinski definition) is 0. The SMILES string of the molecule is Cc1ccc(N=NC(N=Nc2ccc([N+](=O)[O-])cn2)c2ccccn2)cc1. The molecule has 3 aromatic rings. The van der Waals surface area contributed by atoms with E-state index in [0.29, 0.717) is 11.4 Å². The molecule has 0 saturated carbocycles. The lowest BCUT2D eigenvalue weighted by Crippen LogP contribution is -1.93. The van der Waals surface area contributed by atoms with Crippen molar-refractivity contribution in [3.8, 4) is 0 Å². The normalized spacial score (nSPS) is 12.5. The Bertz CT molecular complexity index is 955. The molecule has 3 rings (SSSR count). The number of benzene rings is 1. The van der Waals surface area contributed by atoms with Gasteiger partial charge in [0.25, 0.3) is 5.69 Å². The number of rotatable bonds is 6. The van der Waals surface area contributed by atoms with E-state index in [2.05, 4.69) is 30.4 Å². The van der Waals surface area contributed by atoms with Crippen molar-refractivity contribution in [2.75, 3.05) is 0 Å². The molecule has 0 radical (unpaired) electrons. The van der Waals surface area contributed by atoms with Gasteiger partial charge in [-0.15, -0.1) is 5.11 Å². The number of nitrogens with zero attached hydrogens (tertiary/aromatic N) is 7. The number of aromatic nitrogens is 2. The van der Waals surface area contributed by atoms with Crippen molar-refractivity contribution in [3.63, 3.8) is 0 Å². The van der Waals surface area contributed by atoms with Crippen LogP contribution in [0.25, 0.3) is 0 Å². The van der Waals surface area contributed by atoms with Crippen molar-refractivity contribution in [1.29, 1.82) is 0 Å². The smallest absolute Gasteiger partial charge is 0.258 e. The number of hydrogen-bond acceptors (Lipinski definition) is 8. The maximum atomic E-state index is 10.7. The molecule has 2 heterocycles. The lowest BCUT2D eigenvalue weighted by Gasteiger charge is -2.04. The summed E-state index contributed by atoms with van der Waals surface area (Å²) in [7, 11) is 0. The summed E-state index contributed by atoms with van der Waals surface area (Å²) in [6.45, 7) is 1.99. The van der Waals surface area contributed by atoms with Gasteiger partial charge in [-0.25, -0.2) is 4.98 Å². The molecule has 0 N–H and O–H groups in total. The van der Waals surface area contributed by atoms with Crippen molar-refractivity contribution >= 4 is 17.2 Å². The molecule has 0 aliphatic carbocycles. The molecule has 2 aromatic heterocycles. The first-order chi connectivity index (χ1) is 13.1. The summed E-state index contributed by atoms with van der Waals surface area (Å²) in [6, 6.07) is 15.7. The second kappa shape index (κ2) is 8.48. The van der Waals surface area contributed by atoms with Crippen LogP contribution in [0.2, 0.25) is 0 Å². The zero-order valence-electron chi connectivity index (χ0n) is 14.4. The summed E-state index contributed by atoms with van der Waals surface area (Å²) < 4.78 is 0. The highest BCUT2D eigenvalue weighted by atomic mass is 16.6. The van der Waals surface area contributed by atoms with Crippen LogP contribution in [0.3, 0.4) is 0 Å². The van der Waals surface area contributed by atoms with Gasteiger partial charge in [-0.2, -0.15) is 15.3 Å². The lowest BCUT2D eigenvalue weighted by molar-refractivity contribution is -0.385. The Morgan fingerprint density at radius 3 is 2.37 bits per heavy atom. The van der Waals surface area contributed by atoms with Gasteiger partial charge in [0.15, 0.2) is 5.82 Å². The molecular formula is C18H15N7O2. The minimum atomic E-state index is -0.760. The first kappa shape index (κ1) is 17.9. The zero-order chi connectivity index (χ0) is 19.1. The molecule has 9 heteroatoms. The molecule has 9 nitrogen and oxygen atoms in total. The molecule has 1 aromatic carbocycles. The Kier molecular flexibility index (Phi) is 5.63. The molecular weight excluding hydrogens is 346 g/mol. The molecule has 0 amide bonds. The van der Waals surface area contributed by atoms with Crippen LogP contribution in [-0.4, -0.2) is 14.9 Å². The first-order valence-corrected chi connectivity index (χ1v) is 8.01. The first-order valence-electron chi connectivity index (χ1n) is 8.01. The predicted octanol–water partition coefficient (Wildman–Crippen LogP) is 5.26. The lowest BCUT2D eigenvalue weighted by atomic mass is 10.2. The van der Waals surface area contributed by atoms with E-state index in [9.17, 15) is 10.1 Å². The molecule has 0 aliphatic rings. The molecule has 0 fully saturated rings. The highest BCUT2D eigenvalue weighted by Gasteiger charge is 2.11.